The lowest BCUT2D eigenvalue weighted by molar-refractivity contribution is -0.158. The van der Waals surface area contributed by atoms with Crippen LogP contribution in [0, 0.1) is 30.6 Å². The fourth-order valence-corrected chi connectivity index (χ4v) is 10.9. The molecule has 0 aliphatic rings. The highest BCUT2D eigenvalue weighted by atomic mass is 16.6. The van der Waals surface area contributed by atoms with Gasteiger partial charge in [-0.1, -0.05) is 153 Å². The van der Waals surface area contributed by atoms with Gasteiger partial charge >= 0.3 is 23.9 Å². The monoisotopic (exact) mass is 1620 g/mol. The summed E-state index contributed by atoms with van der Waals surface area (Å²) in [7, 11) is 9.93. The van der Waals surface area contributed by atoms with E-state index in [-0.39, 0.29) is 105 Å². The molecule has 0 fully saturated rings. The number of methoxy groups -OCH3 is 6. The Labute approximate surface area is 695 Å². The second-order valence-corrected chi connectivity index (χ2v) is 30.6. The summed E-state index contributed by atoms with van der Waals surface area (Å²) in [5.74, 6) is 2.79. The number of carbonyl (C=O) groups excluding carboxylic acids is 4. The maximum atomic E-state index is 12.9. The summed E-state index contributed by atoms with van der Waals surface area (Å²) in [5.41, 5.74) is 10.8. The number of esters is 4. The molecule has 0 saturated carbocycles. The molecule has 0 aliphatic heterocycles. The van der Waals surface area contributed by atoms with Crippen molar-refractivity contribution in [3.63, 3.8) is 0 Å². The largest absolute Gasteiger partial charge is 0.489 e. The molecule has 5 unspecified atom stereocenters. The minimum atomic E-state index is -1.20. The van der Waals surface area contributed by atoms with Gasteiger partial charge in [0, 0.05) is 100 Å². The summed E-state index contributed by atoms with van der Waals surface area (Å²) in [6.45, 7) is 48.5. The number of aliphatic hydroxyl groups excluding tert-OH is 1. The lowest BCUT2D eigenvalue weighted by Gasteiger charge is -2.27. The SMILES string of the molecule is C.C.C.C.CCC(C)(C)C(=O)OCCOc1c(COC)cc(C)cc1COC.CCC(C)C(=O)OCCOc1c(C(C)OC)cc(C(C)(C)C)cc1C(C)OC.CCC(C)c1ccc(OC(=O)C(C)(C)Oc2c(COC)cc(C)cc2COC)cc1.CCOCc1cc(C(C)C)cc(COCC)c1OCCOC(=O)C(C)(CC)CO. The number of aliphatic hydroxyl groups is 1. The lowest BCUT2D eigenvalue weighted by atomic mass is 9.83. The number of aryl methyl sites for hydroxylation is 2. The predicted octanol–water partition coefficient (Wildman–Crippen LogP) is 21.3. The van der Waals surface area contributed by atoms with Gasteiger partial charge in [-0.15, -0.1) is 0 Å². The Morgan fingerprint density at radius 3 is 1.17 bits per heavy atom. The Bertz CT molecular complexity index is 3430. The van der Waals surface area contributed by atoms with Crippen LogP contribution in [0.5, 0.6) is 28.7 Å². The molecule has 0 saturated heterocycles. The molecule has 21 heteroatoms. The van der Waals surface area contributed by atoms with E-state index < -0.39 is 28.4 Å². The maximum Gasteiger partial charge on any atom is 0.355 e. The number of rotatable bonds is 44. The summed E-state index contributed by atoms with van der Waals surface area (Å²) in [6, 6.07) is 24.2. The van der Waals surface area contributed by atoms with E-state index in [0.29, 0.717) is 89.2 Å². The first-order valence-electron chi connectivity index (χ1n) is 39.2. The van der Waals surface area contributed by atoms with Gasteiger partial charge in [-0.25, -0.2) is 4.79 Å². The van der Waals surface area contributed by atoms with Crippen molar-refractivity contribution >= 4 is 23.9 Å². The van der Waals surface area contributed by atoms with E-state index in [0.717, 1.165) is 92.1 Å². The van der Waals surface area contributed by atoms with Crippen molar-refractivity contribution in [1.82, 2.24) is 0 Å². The van der Waals surface area contributed by atoms with Crippen molar-refractivity contribution in [3.05, 3.63) is 145 Å². The van der Waals surface area contributed by atoms with E-state index in [1.165, 1.54) is 16.7 Å². The van der Waals surface area contributed by atoms with Crippen LogP contribution in [0.3, 0.4) is 0 Å². The molecule has 0 aromatic heterocycles. The molecular weight excluding hydrogens is 1470 g/mol. The summed E-state index contributed by atoms with van der Waals surface area (Å²) in [5, 5.41) is 9.44. The van der Waals surface area contributed by atoms with Crippen molar-refractivity contribution in [1.29, 1.82) is 0 Å². The van der Waals surface area contributed by atoms with Gasteiger partial charge in [0.1, 0.15) is 68.4 Å². The van der Waals surface area contributed by atoms with Crippen LogP contribution >= 0.6 is 0 Å². The van der Waals surface area contributed by atoms with Crippen molar-refractivity contribution in [2.24, 2.45) is 16.7 Å². The highest BCUT2D eigenvalue weighted by Gasteiger charge is 2.36. The topological polar surface area (TPSA) is 236 Å². The van der Waals surface area contributed by atoms with Crippen LogP contribution in [0.25, 0.3) is 0 Å². The number of ether oxygens (including phenoxy) is 16. The second kappa shape index (κ2) is 57.0. The van der Waals surface area contributed by atoms with Gasteiger partial charge in [0.05, 0.1) is 75.2 Å². The number of hydrogen-bond donors (Lipinski definition) is 1. The summed E-state index contributed by atoms with van der Waals surface area (Å²) in [4.78, 5) is 48.9. The molecule has 0 spiro atoms. The summed E-state index contributed by atoms with van der Waals surface area (Å²) >= 11 is 0. The molecule has 0 amide bonds. The Kier molecular flexibility index (Phi) is 55.5. The molecule has 5 aromatic rings. The predicted molar refractivity (Wildman–Crippen MR) is 463 cm³/mol. The van der Waals surface area contributed by atoms with Crippen molar-refractivity contribution in [2.45, 2.75) is 282 Å². The third kappa shape index (κ3) is 37.1. The van der Waals surface area contributed by atoms with E-state index in [1.807, 2.05) is 132 Å². The zero-order chi connectivity index (χ0) is 83.8. The first kappa shape index (κ1) is 112. The van der Waals surface area contributed by atoms with Gasteiger partial charge in [-0.05, 0) is 172 Å². The quantitative estimate of drug-likeness (QED) is 0.0165. The van der Waals surface area contributed by atoms with Gasteiger partial charge in [-0.3, -0.25) is 14.4 Å². The maximum absolute atomic E-state index is 12.9. The second-order valence-electron chi connectivity index (χ2n) is 30.6. The third-order valence-electron chi connectivity index (χ3n) is 19.3. The van der Waals surface area contributed by atoms with Gasteiger partial charge in [-0.2, -0.15) is 0 Å². The van der Waals surface area contributed by atoms with E-state index in [1.54, 1.807) is 63.4 Å². The van der Waals surface area contributed by atoms with Crippen LogP contribution in [0.4, 0.5) is 0 Å². The van der Waals surface area contributed by atoms with E-state index in [4.69, 9.17) is 75.8 Å². The smallest absolute Gasteiger partial charge is 0.355 e. The first-order valence-corrected chi connectivity index (χ1v) is 39.2. The normalized spacial score (nSPS) is 12.7. The fourth-order valence-electron chi connectivity index (χ4n) is 10.9. The Balaban J connectivity index is -0.00000144. The van der Waals surface area contributed by atoms with Crippen molar-refractivity contribution in [2.75, 3.05) is 102 Å². The minimum Gasteiger partial charge on any atom is -0.489 e. The van der Waals surface area contributed by atoms with Crippen LogP contribution < -0.4 is 23.7 Å². The summed E-state index contributed by atoms with van der Waals surface area (Å²) < 4.78 is 89.5. The Hall–Kier alpha value is -7.18. The van der Waals surface area contributed by atoms with E-state index in [9.17, 15) is 24.3 Å². The van der Waals surface area contributed by atoms with Crippen LogP contribution in [0.15, 0.2) is 72.8 Å². The van der Waals surface area contributed by atoms with Gasteiger partial charge in [0.25, 0.3) is 0 Å². The third-order valence-corrected chi connectivity index (χ3v) is 19.3. The number of carbonyl (C=O) groups is 4. The standard InChI is InChI=1S/C25H34O5.C23H38O6.C23H38O5.C19H30O5.4CH4/c1-8-18(3)19-9-11-22(12-10-19)29-24(26)25(4,5)30-23-20(15-27-6)13-17(2)14-21(23)16-28-7;1-7-23(6,16-24)22(25)29-11-10-28-21-19(14-26-8-2)12-18(17(4)5)13-20(21)15-27-9-3;1-10-15(2)22(24)28-12-11-27-21-19(16(3)25-8)13-18(23(5,6)7)14-20(21)17(4)26-9;1-7-19(3,4)18(20)24-9-8-23-17-15(12-21-5)10-14(2)11-16(17)13-22-6;;;;/h9-14,18H,8,15-16H2,1-7H3;12-13,17,24H,7-11,14-16H2,1-6H3;13-17H,10-12H2,1-9H3;10-11H,7-9,12-13H2,1-6H3;4*1H4. The minimum absolute atomic E-state index is 0. The molecule has 0 aliphatic carbocycles. The molecular formula is C94H156O21. The highest BCUT2D eigenvalue weighted by Crippen LogP contribution is 2.41. The lowest BCUT2D eigenvalue weighted by Crippen LogP contribution is -2.42. The van der Waals surface area contributed by atoms with Crippen molar-refractivity contribution in [3.8, 4) is 28.7 Å². The van der Waals surface area contributed by atoms with Gasteiger partial charge in [0.2, 0.25) is 5.60 Å². The molecule has 0 bridgehead atoms. The first-order chi connectivity index (χ1) is 52.4. The molecule has 115 heavy (non-hydrogen) atoms. The van der Waals surface area contributed by atoms with E-state index in [2.05, 4.69) is 72.7 Å². The number of benzene rings is 5. The molecule has 1 N–H and O–H groups in total. The average molecular weight is 1620 g/mol. The highest BCUT2D eigenvalue weighted by molar-refractivity contribution is 5.81. The molecule has 0 heterocycles. The molecule has 5 atom stereocenters. The Morgan fingerprint density at radius 1 is 0.435 bits per heavy atom. The van der Waals surface area contributed by atoms with Crippen LogP contribution in [0.2, 0.25) is 0 Å². The fraction of sp³-hybridized carbons (Fsp3) is 0.638. The zero-order valence-corrected chi connectivity index (χ0v) is 72.9. The molecule has 658 valence electrons. The average Bonchev–Trinajstić information content (AvgIpc) is 0.636. The van der Waals surface area contributed by atoms with Crippen LogP contribution in [0.1, 0.15) is 290 Å². The molecule has 21 nitrogen and oxygen atoms in total. The van der Waals surface area contributed by atoms with Crippen LogP contribution in [-0.4, -0.2) is 137 Å². The molecule has 5 aromatic carbocycles. The Morgan fingerprint density at radius 2 is 0.826 bits per heavy atom. The molecule has 0 radical (unpaired) electrons. The van der Waals surface area contributed by atoms with Crippen LogP contribution in [-0.2, 0) is 116 Å². The zero-order valence-electron chi connectivity index (χ0n) is 72.9. The number of hydrogen-bond acceptors (Lipinski definition) is 21. The van der Waals surface area contributed by atoms with Crippen molar-refractivity contribution < 1.29 is 100 Å². The van der Waals surface area contributed by atoms with Gasteiger partial charge in [0.15, 0.2) is 0 Å². The summed E-state index contributed by atoms with van der Waals surface area (Å²) in [6.07, 6.45) is 2.80. The van der Waals surface area contributed by atoms with Gasteiger partial charge < -0.3 is 80.9 Å². The molecule has 5 rings (SSSR count). The van der Waals surface area contributed by atoms with E-state index >= 15 is 0 Å².